The molecule has 1 unspecified atom stereocenters. The molecule has 148 valence electrons. The van der Waals surface area contributed by atoms with E-state index in [0.29, 0.717) is 6.54 Å². The predicted molar refractivity (Wildman–Crippen MR) is 110 cm³/mol. The summed E-state index contributed by atoms with van der Waals surface area (Å²) in [6.45, 7) is 5.49. The minimum absolute atomic E-state index is 0.0365. The van der Waals surface area contributed by atoms with Gasteiger partial charge >= 0.3 is 0 Å². The third-order valence-electron chi connectivity index (χ3n) is 5.77. The summed E-state index contributed by atoms with van der Waals surface area (Å²) in [6.07, 6.45) is 4.20. The zero-order valence-electron chi connectivity index (χ0n) is 16.6. The van der Waals surface area contributed by atoms with Gasteiger partial charge in [0, 0.05) is 25.8 Å². The molecule has 3 aromatic rings. The van der Waals surface area contributed by atoms with E-state index in [1.165, 1.54) is 12.8 Å². The summed E-state index contributed by atoms with van der Waals surface area (Å²) in [7, 11) is 1.93. The number of para-hydroxylation sites is 1. The molecular weight excluding hydrogens is 352 g/mol. The normalized spacial score (nSPS) is 15.9. The van der Waals surface area contributed by atoms with Gasteiger partial charge in [-0.05, 0) is 57.1 Å². The van der Waals surface area contributed by atoms with Gasteiger partial charge in [-0.3, -0.25) is 14.4 Å². The van der Waals surface area contributed by atoms with Crippen LogP contribution in [0, 0.1) is 6.92 Å². The molecule has 0 saturated carbocycles. The molecule has 0 bridgehead atoms. The molecule has 4 rings (SSSR count). The first-order valence-corrected chi connectivity index (χ1v) is 9.98. The second-order valence-electron chi connectivity index (χ2n) is 7.45. The minimum Gasteiger partial charge on any atom is -0.468 e. The van der Waals surface area contributed by atoms with Crippen molar-refractivity contribution in [3.05, 3.63) is 76.1 Å². The molecule has 1 aliphatic rings. The molecule has 0 amide bonds. The van der Waals surface area contributed by atoms with Gasteiger partial charge < -0.3 is 9.73 Å². The van der Waals surface area contributed by atoms with Crippen LogP contribution in [0.2, 0.25) is 0 Å². The lowest BCUT2D eigenvalue weighted by Crippen LogP contribution is -2.34. The lowest BCUT2D eigenvalue weighted by Gasteiger charge is -2.26. The lowest BCUT2D eigenvalue weighted by atomic mass is 10.2. The van der Waals surface area contributed by atoms with Crippen molar-refractivity contribution in [2.45, 2.75) is 32.4 Å². The van der Waals surface area contributed by atoms with E-state index in [9.17, 15) is 4.79 Å². The molecular formula is C22H28N4O2. The fourth-order valence-electron chi connectivity index (χ4n) is 4.10. The van der Waals surface area contributed by atoms with Crippen LogP contribution in [-0.4, -0.2) is 33.9 Å². The van der Waals surface area contributed by atoms with E-state index in [1.54, 1.807) is 10.9 Å². The molecule has 1 N–H and O–H groups in total. The van der Waals surface area contributed by atoms with Gasteiger partial charge in [-0.1, -0.05) is 18.2 Å². The molecule has 6 heteroatoms. The van der Waals surface area contributed by atoms with Gasteiger partial charge in [0.15, 0.2) is 0 Å². The first-order valence-electron chi connectivity index (χ1n) is 9.98. The van der Waals surface area contributed by atoms with E-state index >= 15 is 0 Å². The number of nitrogens with one attached hydrogen (secondary N) is 1. The third-order valence-corrected chi connectivity index (χ3v) is 5.77. The first-order chi connectivity index (χ1) is 13.7. The van der Waals surface area contributed by atoms with Crippen molar-refractivity contribution in [1.29, 1.82) is 0 Å². The topological polar surface area (TPSA) is 55.3 Å². The summed E-state index contributed by atoms with van der Waals surface area (Å²) in [5, 5.41) is 3.51. The number of hydrogen-bond donors (Lipinski definition) is 1. The van der Waals surface area contributed by atoms with E-state index in [-0.39, 0.29) is 11.6 Å². The average molecular weight is 380 g/mol. The molecule has 1 aromatic carbocycles. The quantitative estimate of drug-likeness (QED) is 0.685. The van der Waals surface area contributed by atoms with Crippen LogP contribution in [0.1, 0.15) is 35.9 Å². The summed E-state index contributed by atoms with van der Waals surface area (Å²) in [6, 6.07) is 14.0. The van der Waals surface area contributed by atoms with Gasteiger partial charge in [0.1, 0.15) is 5.76 Å². The number of nitrogens with zero attached hydrogens (tertiary/aromatic N) is 3. The van der Waals surface area contributed by atoms with Crippen molar-refractivity contribution in [3.8, 4) is 5.69 Å². The maximum absolute atomic E-state index is 13.0. The molecule has 1 saturated heterocycles. The zero-order chi connectivity index (χ0) is 19.5. The molecule has 1 aliphatic heterocycles. The second-order valence-corrected chi connectivity index (χ2v) is 7.45. The van der Waals surface area contributed by atoms with Crippen molar-refractivity contribution >= 4 is 0 Å². The summed E-state index contributed by atoms with van der Waals surface area (Å²) in [4.78, 5) is 15.5. The Morgan fingerprint density at radius 1 is 1.11 bits per heavy atom. The fraction of sp³-hybridized carbons (Fsp3) is 0.409. The standard InChI is InChI=1S/C22H28N4O2/c1-17-19(22(27)26(24(17)2)18-9-4-3-5-10-18)15-23-16-20(21-11-8-14-28-21)25-12-6-7-13-25/h3-5,8-11,14,20,23H,6-7,12-13,15-16H2,1-2H3. The van der Waals surface area contributed by atoms with Crippen molar-refractivity contribution in [2.24, 2.45) is 7.05 Å². The zero-order valence-corrected chi connectivity index (χ0v) is 16.6. The second kappa shape index (κ2) is 8.20. The van der Waals surface area contributed by atoms with Crippen molar-refractivity contribution < 1.29 is 4.42 Å². The highest BCUT2D eigenvalue weighted by Crippen LogP contribution is 2.25. The minimum atomic E-state index is 0.0365. The van der Waals surface area contributed by atoms with Crippen LogP contribution in [0.15, 0.2) is 57.9 Å². The molecule has 0 radical (unpaired) electrons. The highest BCUT2D eigenvalue weighted by Gasteiger charge is 2.25. The Balaban J connectivity index is 1.51. The number of rotatable bonds is 7. The summed E-state index contributed by atoms with van der Waals surface area (Å²) < 4.78 is 9.35. The number of aromatic nitrogens is 2. The summed E-state index contributed by atoms with van der Waals surface area (Å²) in [5.41, 5.74) is 2.72. The highest BCUT2D eigenvalue weighted by atomic mass is 16.3. The van der Waals surface area contributed by atoms with Crippen molar-refractivity contribution in [2.75, 3.05) is 19.6 Å². The van der Waals surface area contributed by atoms with Gasteiger partial charge in [0.25, 0.3) is 5.56 Å². The van der Waals surface area contributed by atoms with Crippen LogP contribution in [0.3, 0.4) is 0 Å². The monoisotopic (exact) mass is 380 g/mol. The molecule has 6 nitrogen and oxygen atoms in total. The van der Waals surface area contributed by atoms with Crippen LogP contribution in [0.25, 0.3) is 5.69 Å². The van der Waals surface area contributed by atoms with Crippen molar-refractivity contribution in [3.63, 3.8) is 0 Å². The Morgan fingerprint density at radius 3 is 2.54 bits per heavy atom. The average Bonchev–Trinajstić information content (AvgIpc) is 3.46. The first kappa shape index (κ1) is 18.8. The number of benzene rings is 1. The molecule has 2 aromatic heterocycles. The molecule has 0 spiro atoms. The molecule has 3 heterocycles. The van der Waals surface area contributed by atoms with Crippen LogP contribution >= 0.6 is 0 Å². The van der Waals surface area contributed by atoms with Gasteiger partial charge in [0.05, 0.1) is 23.6 Å². The highest BCUT2D eigenvalue weighted by molar-refractivity contribution is 5.33. The summed E-state index contributed by atoms with van der Waals surface area (Å²) in [5.74, 6) is 0.987. The largest absolute Gasteiger partial charge is 0.468 e. The van der Waals surface area contributed by atoms with E-state index in [4.69, 9.17) is 4.42 Å². The Labute approximate surface area is 165 Å². The van der Waals surface area contributed by atoms with Crippen molar-refractivity contribution in [1.82, 2.24) is 19.6 Å². The van der Waals surface area contributed by atoms with E-state index in [0.717, 1.165) is 42.3 Å². The maximum atomic E-state index is 13.0. The Kier molecular flexibility index (Phi) is 5.50. The SMILES string of the molecule is Cc1c(CNCC(c2ccco2)N2CCCC2)c(=O)n(-c2ccccc2)n1C. The van der Waals surface area contributed by atoms with Crippen LogP contribution in [0.5, 0.6) is 0 Å². The van der Waals surface area contributed by atoms with Crippen LogP contribution in [-0.2, 0) is 13.6 Å². The Morgan fingerprint density at radius 2 is 1.86 bits per heavy atom. The lowest BCUT2D eigenvalue weighted by molar-refractivity contribution is 0.209. The van der Waals surface area contributed by atoms with E-state index < -0.39 is 0 Å². The number of hydrogen-bond acceptors (Lipinski definition) is 4. The Bertz CT molecular complexity index is 951. The molecule has 0 aliphatic carbocycles. The van der Waals surface area contributed by atoms with Gasteiger partial charge in [-0.15, -0.1) is 0 Å². The van der Waals surface area contributed by atoms with E-state index in [2.05, 4.69) is 10.2 Å². The maximum Gasteiger partial charge on any atom is 0.276 e. The van der Waals surface area contributed by atoms with Gasteiger partial charge in [0.2, 0.25) is 0 Å². The number of likely N-dealkylation sites (tertiary alicyclic amines) is 1. The summed E-state index contributed by atoms with van der Waals surface area (Å²) >= 11 is 0. The smallest absolute Gasteiger partial charge is 0.276 e. The molecule has 1 fully saturated rings. The molecule has 1 atom stereocenters. The van der Waals surface area contributed by atoms with Crippen LogP contribution in [0.4, 0.5) is 0 Å². The van der Waals surface area contributed by atoms with Gasteiger partial charge in [-0.25, -0.2) is 4.68 Å². The Hall–Kier alpha value is -2.57. The van der Waals surface area contributed by atoms with Crippen LogP contribution < -0.4 is 10.9 Å². The fourth-order valence-corrected chi connectivity index (χ4v) is 4.10. The van der Waals surface area contributed by atoms with E-state index in [1.807, 2.05) is 61.1 Å². The predicted octanol–water partition coefficient (Wildman–Crippen LogP) is 3.00. The van der Waals surface area contributed by atoms with Gasteiger partial charge in [-0.2, -0.15) is 0 Å². The number of furan rings is 1. The molecule has 28 heavy (non-hydrogen) atoms. The third kappa shape index (κ3) is 3.57.